The smallest absolute Gasteiger partial charge is 0.206 e. The van der Waals surface area contributed by atoms with Gasteiger partial charge in [-0.15, -0.1) is 0 Å². The van der Waals surface area contributed by atoms with E-state index >= 15 is 0 Å². The van der Waals surface area contributed by atoms with Crippen molar-refractivity contribution in [1.29, 1.82) is 0 Å². The van der Waals surface area contributed by atoms with Gasteiger partial charge in [-0.2, -0.15) is 0 Å². The van der Waals surface area contributed by atoms with Gasteiger partial charge in [0, 0.05) is 25.2 Å². The number of methoxy groups -OCH3 is 1. The second-order valence-electron chi connectivity index (χ2n) is 6.15. The Morgan fingerprint density at radius 1 is 1.40 bits per heavy atom. The van der Waals surface area contributed by atoms with Crippen molar-refractivity contribution in [2.75, 3.05) is 20.8 Å². The SMILES string of the molecule is COCC(C)NC(=NC1CC2CCCC(C1)N2C)NN. The number of nitrogens with zero attached hydrogens (tertiary/aromatic N) is 2. The number of aliphatic imine (C=N–C) groups is 1. The molecule has 2 fully saturated rings. The number of piperidine rings is 2. The summed E-state index contributed by atoms with van der Waals surface area (Å²) in [5, 5.41) is 3.27. The highest BCUT2D eigenvalue weighted by atomic mass is 16.5. The third kappa shape index (κ3) is 3.84. The van der Waals surface area contributed by atoms with E-state index in [2.05, 4.69) is 29.6 Å². The molecule has 0 aromatic heterocycles. The van der Waals surface area contributed by atoms with Crippen LogP contribution in [0, 0.1) is 0 Å². The van der Waals surface area contributed by atoms with Crippen molar-refractivity contribution in [1.82, 2.24) is 15.6 Å². The van der Waals surface area contributed by atoms with Crippen LogP contribution in [0.5, 0.6) is 0 Å². The number of ether oxygens (including phenoxy) is 1. The van der Waals surface area contributed by atoms with E-state index in [-0.39, 0.29) is 6.04 Å². The predicted octanol–water partition coefficient (Wildman–Crippen LogP) is 0.446. The van der Waals surface area contributed by atoms with Gasteiger partial charge >= 0.3 is 0 Å². The molecule has 0 aliphatic carbocycles. The monoisotopic (exact) mass is 283 g/mol. The van der Waals surface area contributed by atoms with Gasteiger partial charge in [0.2, 0.25) is 5.96 Å². The minimum absolute atomic E-state index is 0.195. The number of fused-ring (bicyclic) bond motifs is 2. The van der Waals surface area contributed by atoms with Crippen molar-refractivity contribution in [2.24, 2.45) is 10.8 Å². The first-order valence-corrected chi connectivity index (χ1v) is 7.65. The molecule has 2 aliphatic rings. The summed E-state index contributed by atoms with van der Waals surface area (Å²) in [7, 11) is 3.96. The molecule has 0 aromatic rings. The molecule has 2 saturated heterocycles. The van der Waals surface area contributed by atoms with Crippen LogP contribution in [0.3, 0.4) is 0 Å². The van der Waals surface area contributed by atoms with Crippen LogP contribution in [0.2, 0.25) is 0 Å². The number of hydrogen-bond donors (Lipinski definition) is 3. The maximum absolute atomic E-state index is 5.58. The summed E-state index contributed by atoms with van der Waals surface area (Å²) in [6, 6.07) is 1.94. The summed E-state index contributed by atoms with van der Waals surface area (Å²) >= 11 is 0. The van der Waals surface area contributed by atoms with E-state index in [0.717, 1.165) is 12.8 Å². The lowest BCUT2D eigenvalue weighted by Crippen LogP contribution is -2.52. The molecular weight excluding hydrogens is 254 g/mol. The average Bonchev–Trinajstić information content (AvgIpc) is 2.39. The first-order chi connectivity index (χ1) is 9.63. The maximum Gasteiger partial charge on any atom is 0.206 e. The van der Waals surface area contributed by atoms with Gasteiger partial charge in [0.1, 0.15) is 0 Å². The molecular formula is C14H29N5O. The van der Waals surface area contributed by atoms with Gasteiger partial charge in [0.15, 0.2) is 0 Å². The average molecular weight is 283 g/mol. The topological polar surface area (TPSA) is 74.9 Å². The minimum atomic E-state index is 0.195. The Morgan fingerprint density at radius 3 is 2.60 bits per heavy atom. The summed E-state index contributed by atoms with van der Waals surface area (Å²) in [6.45, 7) is 2.69. The molecule has 2 bridgehead atoms. The molecule has 116 valence electrons. The van der Waals surface area contributed by atoms with Crippen molar-refractivity contribution in [2.45, 2.75) is 63.2 Å². The second kappa shape index (κ2) is 7.24. The molecule has 4 N–H and O–H groups in total. The van der Waals surface area contributed by atoms with Crippen molar-refractivity contribution < 1.29 is 4.74 Å². The number of nitrogens with two attached hydrogens (primary N) is 1. The third-order valence-corrected chi connectivity index (χ3v) is 4.56. The zero-order valence-corrected chi connectivity index (χ0v) is 12.9. The minimum Gasteiger partial charge on any atom is -0.383 e. The van der Waals surface area contributed by atoms with Gasteiger partial charge in [-0.25, -0.2) is 10.8 Å². The van der Waals surface area contributed by atoms with Gasteiger partial charge in [0.05, 0.1) is 12.6 Å². The van der Waals surface area contributed by atoms with Crippen LogP contribution in [-0.4, -0.2) is 55.8 Å². The maximum atomic E-state index is 5.58. The fourth-order valence-corrected chi connectivity index (χ4v) is 3.52. The lowest BCUT2D eigenvalue weighted by Gasteiger charge is -2.46. The van der Waals surface area contributed by atoms with E-state index in [1.807, 2.05) is 0 Å². The fourth-order valence-electron chi connectivity index (χ4n) is 3.52. The molecule has 2 heterocycles. The van der Waals surface area contributed by atoms with E-state index in [1.165, 1.54) is 19.3 Å². The van der Waals surface area contributed by atoms with E-state index in [4.69, 9.17) is 15.6 Å². The van der Waals surface area contributed by atoms with E-state index in [9.17, 15) is 0 Å². The zero-order valence-electron chi connectivity index (χ0n) is 12.9. The molecule has 0 aromatic carbocycles. The van der Waals surface area contributed by atoms with Crippen LogP contribution in [0.15, 0.2) is 4.99 Å². The number of rotatable bonds is 4. The highest BCUT2D eigenvalue weighted by Gasteiger charge is 2.35. The van der Waals surface area contributed by atoms with Crippen LogP contribution in [-0.2, 0) is 4.74 Å². The summed E-state index contributed by atoms with van der Waals surface area (Å²) in [4.78, 5) is 7.33. The van der Waals surface area contributed by atoms with E-state index in [1.54, 1.807) is 7.11 Å². The van der Waals surface area contributed by atoms with Crippen LogP contribution in [0.25, 0.3) is 0 Å². The van der Waals surface area contributed by atoms with E-state index < -0.39 is 0 Å². The first kappa shape index (κ1) is 15.5. The number of guanidine groups is 1. The largest absolute Gasteiger partial charge is 0.383 e. The summed E-state index contributed by atoms with van der Waals surface area (Å²) in [5.41, 5.74) is 2.69. The van der Waals surface area contributed by atoms with Crippen LogP contribution in [0.1, 0.15) is 39.0 Å². The second-order valence-corrected chi connectivity index (χ2v) is 6.15. The van der Waals surface area contributed by atoms with Crippen molar-refractivity contribution in [3.05, 3.63) is 0 Å². The summed E-state index contributed by atoms with van der Waals surface area (Å²) in [5.74, 6) is 6.27. The van der Waals surface area contributed by atoms with Gasteiger partial charge in [-0.1, -0.05) is 6.42 Å². The Morgan fingerprint density at radius 2 is 2.05 bits per heavy atom. The number of hydrazine groups is 1. The zero-order chi connectivity index (χ0) is 14.5. The molecule has 2 rings (SSSR count). The first-order valence-electron chi connectivity index (χ1n) is 7.65. The molecule has 0 radical (unpaired) electrons. The molecule has 3 atom stereocenters. The van der Waals surface area contributed by atoms with E-state index in [0.29, 0.717) is 30.7 Å². The van der Waals surface area contributed by atoms with Crippen LogP contribution in [0.4, 0.5) is 0 Å². The normalized spacial score (nSPS) is 32.8. The quantitative estimate of drug-likeness (QED) is 0.302. The Labute approximate surface area is 122 Å². The molecule has 2 aliphatic heterocycles. The van der Waals surface area contributed by atoms with Crippen LogP contribution >= 0.6 is 0 Å². The van der Waals surface area contributed by atoms with Gasteiger partial charge in [-0.3, -0.25) is 5.43 Å². The Kier molecular flexibility index (Phi) is 5.63. The lowest BCUT2D eigenvalue weighted by atomic mass is 9.82. The standard InChI is InChI=1S/C14H29N5O/c1-10(9-20-3)16-14(18-15)17-11-7-12-5-4-6-13(8-11)19(12)2/h10-13H,4-9,15H2,1-3H3,(H2,16,17,18). The number of nitrogens with one attached hydrogen (secondary N) is 2. The number of hydrogen-bond acceptors (Lipinski definition) is 4. The van der Waals surface area contributed by atoms with Gasteiger partial charge in [0.25, 0.3) is 0 Å². The Hall–Kier alpha value is -0.850. The highest BCUT2D eigenvalue weighted by Crippen LogP contribution is 2.33. The molecule has 0 amide bonds. The van der Waals surface area contributed by atoms with Gasteiger partial charge < -0.3 is 15.0 Å². The molecule has 20 heavy (non-hydrogen) atoms. The van der Waals surface area contributed by atoms with Crippen molar-refractivity contribution in [3.8, 4) is 0 Å². The highest BCUT2D eigenvalue weighted by molar-refractivity contribution is 5.79. The molecule has 6 nitrogen and oxygen atoms in total. The van der Waals surface area contributed by atoms with Crippen molar-refractivity contribution in [3.63, 3.8) is 0 Å². The Bertz CT molecular complexity index is 322. The van der Waals surface area contributed by atoms with Crippen molar-refractivity contribution >= 4 is 5.96 Å². The molecule has 6 heteroatoms. The Balaban J connectivity index is 1.94. The third-order valence-electron chi connectivity index (χ3n) is 4.56. The fraction of sp³-hybridized carbons (Fsp3) is 0.929. The molecule has 0 spiro atoms. The van der Waals surface area contributed by atoms with Gasteiger partial charge in [-0.05, 0) is 39.7 Å². The van der Waals surface area contributed by atoms with Crippen LogP contribution < -0.4 is 16.6 Å². The summed E-state index contributed by atoms with van der Waals surface area (Å²) in [6.07, 6.45) is 6.24. The predicted molar refractivity (Wildman–Crippen MR) is 81.4 cm³/mol. The molecule has 0 saturated carbocycles. The molecule has 3 unspecified atom stereocenters. The lowest BCUT2D eigenvalue weighted by molar-refractivity contribution is 0.0573. The summed E-state index contributed by atoms with van der Waals surface area (Å²) < 4.78 is 5.12.